The Bertz CT molecular complexity index is 489. The van der Waals surface area contributed by atoms with Gasteiger partial charge in [-0.3, -0.25) is 9.59 Å². The van der Waals surface area contributed by atoms with Crippen molar-refractivity contribution in [3.05, 3.63) is 0 Å². The highest BCUT2D eigenvalue weighted by molar-refractivity contribution is 7.91. The van der Waals surface area contributed by atoms with Crippen LogP contribution in [0, 0.1) is 5.92 Å². The van der Waals surface area contributed by atoms with E-state index in [0.717, 1.165) is 6.42 Å². The smallest absolute Gasteiger partial charge is 0.245 e. The summed E-state index contributed by atoms with van der Waals surface area (Å²) in [5.74, 6) is -0.288. The minimum absolute atomic E-state index is 0.0250. The molecule has 0 radical (unpaired) electrons. The number of nitrogens with zero attached hydrogens (tertiary/aromatic N) is 1. The van der Waals surface area contributed by atoms with Crippen LogP contribution in [0.5, 0.6) is 0 Å². The molecule has 1 saturated heterocycles. The summed E-state index contributed by atoms with van der Waals surface area (Å²) in [6, 6.07) is -0.838. The van der Waals surface area contributed by atoms with Crippen molar-refractivity contribution in [1.82, 2.24) is 10.2 Å². The molecule has 1 aliphatic rings. The number of sulfone groups is 1. The van der Waals surface area contributed by atoms with E-state index in [0.29, 0.717) is 0 Å². The van der Waals surface area contributed by atoms with Gasteiger partial charge < -0.3 is 10.2 Å². The molecule has 0 saturated carbocycles. The van der Waals surface area contributed by atoms with Gasteiger partial charge in [-0.2, -0.15) is 0 Å². The van der Waals surface area contributed by atoms with E-state index in [2.05, 4.69) is 5.32 Å². The van der Waals surface area contributed by atoms with E-state index in [-0.39, 0.29) is 48.2 Å². The van der Waals surface area contributed by atoms with E-state index in [4.69, 9.17) is 0 Å². The highest BCUT2D eigenvalue weighted by atomic mass is 32.2. The molecule has 1 rings (SSSR count). The third-order valence-corrected chi connectivity index (χ3v) is 5.86. The van der Waals surface area contributed by atoms with Crippen molar-refractivity contribution >= 4 is 21.7 Å². The number of nitrogens with one attached hydrogen (secondary N) is 1. The normalized spacial score (nSPS) is 25.4. The van der Waals surface area contributed by atoms with Gasteiger partial charge in [-0.15, -0.1) is 0 Å². The minimum atomic E-state index is -3.13. The molecule has 0 spiro atoms. The van der Waals surface area contributed by atoms with E-state index >= 15 is 0 Å². The van der Waals surface area contributed by atoms with Crippen LogP contribution in [-0.4, -0.2) is 55.3 Å². The Kier molecular flexibility index (Phi) is 6.19. The molecule has 7 heteroatoms. The largest absolute Gasteiger partial charge is 0.344 e. The standard InChI is InChI=1S/C14H26N2O4S/c1-5-10(3)13-14(18)16(7-8-21(19,20)6-2)11(4)9-12(17)15-13/h10-11,13H,5-9H2,1-4H3,(H,15,17). The summed E-state index contributed by atoms with van der Waals surface area (Å²) < 4.78 is 23.3. The van der Waals surface area contributed by atoms with Gasteiger partial charge >= 0.3 is 0 Å². The van der Waals surface area contributed by atoms with Crippen LogP contribution in [-0.2, 0) is 19.4 Å². The van der Waals surface area contributed by atoms with Crippen molar-refractivity contribution in [2.75, 3.05) is 18.1 Å². The first-order valence-electron chi connectivity index (χ1n) is 7.52. The first-order chi connectivity index (χ1) is 9.71. The van der Waals surface area contributed by atoms with Crippen LogP contribution >= 0.6 is 0 Å². The molecular formula is C14H26N2O4S. The Labute approximate surface area is 127 Å². The highest BCUT2D eigenvalue weighted by Gasteiger charge is 2.36. The van der Waals surface area contributed by atoms with Gasteiger partial charge in [0.1, 0.15) is 6.04 Å². The maximum atomic E-state index is 12.6. The summed E-state index contributed by atoms with van der Waals surface area (Å²) in [7, 11) is -3.13. The van der Waals surface area contributed by atoms with Crippen LogP contribution in [0.2, 0.25) is 0 Å². The second-order valence-corrected chi connectivity index (χ2v) is 8.22. The maximum absolute atomic E-state index is 12.6. The summed E-state index contributed by atoms with van der Waals surface area (Å²) in [6.07, 6.45) is 0.983. The molecule has 6 nitrogen and oxygen atoms in total. The zero-order valence-corrected chi connectivity index (χ0v) is 14.1. The van der Waals surface area contributed by atoms with Crippen molar-refractivity contribution < 1.29 is 18.0 Å². The monoisotopic (exact) mass is 318 g/mol. The summed E-state index contributed by atoms with van der Waals surface area (Å²) in [5, 5.41) is 2.77. The predicted octanol–water partition coefficient (Wildman–Crippen LogP) is 0.573. The summed E-state index contributed by atoms with van der Waals surface area (Å²) in [6.45, 7) is 7.41. The van der Waals surface area contributed by atoms with Crippen molar-refractivity contribution in [2.24, 2.45) is 5.92 Å². The average Bonchev–Trinajstić information content (AvgIpc) is 2.53. The Morgan fingerprint density at radius 3 is 2.48 bits per heavy atom. The number of hydrogen-bond acceptors (Lipinski definition) is 4. The van der Waals surface area contributed by atoms with E-state index < -0.39 is 15.9 Å². The zero-order chi connectivity index (χ0) is 16.2. The highest BCUT2D eigenvalue weighted by Crippen LogP contribution is 2.18. The van der Waals surface area contributed by atoms with Crippen molar-refractivity contribution in [3.63, 3.8) is 0 Å². The Morgan fingerprint density at radius 1 is 1.33 bits per heavy atom. The lowest BCUT2D eigenvalue weighted by atomic mass is 9.98. The van der Waals surface area contributed by atoms with Gasteiger partial charge in [0, 0.05) is 24.8 Å². The Hall–Kier alpha value is -1.11. The van der Waals surface area contributed by atoms with Crippen LogP contribution in [0.4, 0.5) is 0 Å². The van der Waals surface area contributed by atoms with Crippen LogP contribution in [0.3, 0.4) is 0 Å². The number of carbonyl (C=O) groups excluding carboxylic acids is 2. The third kappa shape index (κ3) is 4.69. The number of amides is 2. The van der Waals surface area contributed by atoms with E-state index in [1.54, 1.807) is 18.7 Å². The number of hydrogen-bond donors (Lipinski definition) is 1. The molecule has 1 aliphatic heterocycles. The second kappa shape index (κ2) is 7.24. The molecule has 1 N–H and O–H groups in total. The molecule has 122 valence electrons. The van der Waals surface area contributed by atoms with E-state index in [1.165, 1.54) is 0 Å². The molecule has 0 aliphatic carbocycles. The van der Waals surface area contributed by atoms with Crippen molar-refractivity contribution in [1.29, 1.82) is 0 Å². The Balaban J connectivity index is 2.93. The van der Waals surface area contributed by atoms with Gasteiger partial charge in [-0.1, -0.05) is 27.2 Å². The SMILES string of the molecule is CCC(C)C1NC(=O)CC(C)N(CCS(=O)(=O)CC)C1=O. The van der Waals surface area contributed by atoms with E-state index in [1.807, 2.05) is 13.8 Å². The van der Waals surface area contributed by atoms with Gasteiger partial charge in [0.2, 0.25) is 11.8 Å². The topological polar surface area (TPSA) is 83.6 Å². The predicted molar refractivity (Wildman–Crippen MR) is 81.5 cm³/mol. The fourth-order valence-electron chi connectivity index (χ4n) is 2.40. The molecule has 3 unspecified atom stereocenters. The van der Waals surface area contributed by atoms with Crippen LogP contribution < -0.4 is 5.32 Å². The van der Waals surface area contributed by atoms with Crippen molar-refractivity contribution in [3.8, 4) is 0 Å². The maximum Gasteiger partial charge on any atom is 0.245 e. The molecule has 0 aromatic carbocycles. The number of carbonyl (C=O) groups is 2. The van der Waals surface area contributed by atoms with Gasteiger partial charge in [0.25, 0.3) is 0 Å². The molecule has 0 aromatic heterocycles. The molecule has 3 atom stereocenters. The molecular weight excluding hydrogens is 292 g/mol. The zero-order valence-electron chi connectivity index (χ0n) is 13.3. The van der Waals surface area contributed by atoms with Gasteiger partial charge in [-0.25, -0.2) is 8.42 Å². The molecule has 1 heterocycles. The quantitative estimate of drug-likeness (QED) is 0.776. The third-order valence-electron chi connectivity index (χ3n) is 4.17. The minimum Gasteiger partial charge on any atom is -0.344 e. The molecule has 21 heavy (non-hydrogen) atoms. The van der Waals surface area contributed by atoms with Crippen LogP contribution in [0.15, 0.2) is 0 Å². The number of rotatable bonds is 6. The summed E-state index contributed by atoms with van der Waals surface area (Å²) >= 11 is 0. The van der Waals surface area contributed by atoms with Gasteiger partial charge in [0.15, 0.2) is 9.84 Å². The lowest BCUT2D eigenvalue weighted by Gasteiger charge is -2.30. The van der Waals surface area contributed by atoms with Gasteiger partial charge in [0.05, 0.1) is 5.75 Å². The summed E-state index contributed by atoms with van der Waals surface area (Å²) in [4.78, 5) is 26.0. The van der Waals surface area contributed by atoms with E-state index in [9.17, 15) is 18.0 Å². The fourth-order valence-corrected chi connectivity index (χ4v) is 3.17. The fraction of sp³-hybridized carbons (Fsp3) is 0.857. The first kappa shape index (κ1) is 17.9. The average molecular weight is 318 g/mol. The van der Waals surface area contributed by atoms with Gasteiger partial charge in [-0.05, 0) is 12.8 Å². The first-order valence-corrected chi connectivity index (χ1v) is 9.34. The molecule has 1 fully saturated rings. The lowest BCUT2D eigenvalue weighted by Crippen LogP contribution is -2.50. The molecule has 0 aromatic rings. The molecule has 2 amide bonds. The molecule has 0 bridgehead atoms. The lowest BCUT2D eigenvalue weighted by molar-refractivity contribution is -0.136. The van der Waals surface area contributed by atoms with Crippen LogP contribution in [0.25, 0.3) is 0 Å². The van der Waals surface area contributed by atoms with Crippen LogP contribution in [0.1, 0.15) is 40.5 Å². The Morgan fingerprint density at radius 2 is 1.95 bits per heavy atom. The second-order valence-electron chi connectivity index (χ2n) is 5.75. The van der Waals surface area contributed by atoms with Crippen molar-refractivity contribution in [2.45, 2.75) is 52.6 Å². The summed E-state index contributed by atoms with van der Waals surface area (Å²) in [5.41, 5.74) is 0.